The zero-order valence-corrected chi connectivity index (χ0v) is 26.3. The van der Waals surface area contributed by atoms with Gasteiger partial charge in [0, 0.05) is 22.2 Å². The maximum absolute atomic E-state index is 13.3. The van der Waals surface area contributed by atoms with Crippen LogP contribution in [0.15, 0.2) is 56.0 Å². The van der Waals surface area contributed by atoms with Crippen LogP contribution in [-0.2, 0) is 9.59 Å². The predicted molar refractivity (Wildman–Crippen MR) is 157 cm³/mol. The molecule has 0 aliphatic rings. The lowest BCUT2D eigenvalue weighted by Gasteiger charge is -2.29. The number of halogens is 2. The van der Waals surface area contributed by atoms with E-state index < -0.39 is 76.2 Å². The maximum Gasteiger partial charge on any atom is 0.432 e. The number of hydrogen-bond donors (Lipinski definition) is 2. The minimum Gasteiger partial charge on any atom is -0.387 e. The van der Waals surface area contributed by atoms with Crippen LogP contribution in [0.3, 0.4) is 0 Å². The summed E-state index contributed by atoms with van der Waals surface area (Å²) in [5.74, 6) is -1.66. The van der Waals surface area contributed by atoms with Gasteiger partial charge in [-0.05, 0) is 52.0 Å². The molecule has 2 unspecified atom stereocenters. The summed E-state index contributed by atoms with van der Waals surface area (Å²) in [6.07, 6.45) is -3.39. The van der Waals surface area contributed by atoms with Crippen molar-refractivity contribution < 1.29 is 29.6 Å². The summed E-state index contributed by atoms with van der Waals surface area (Å²) in [5, 5.41) is 64.3. The number of nitro benzene ring substituents is 2. The number of carbonyl (C=O) groups excluding carboxylic acids is 2. The summed E-state index contributed by atoms with van der Waals surface area (Å²) in [7, 11) is 0. The number of nitrogens with zero attached hydrogens (tertiary/aromatic N) is 4. The average Bonchev–Trinajstić information content (AvgIpc) is 2.95. The zero-order valence-electron chi connectivity index (χ0n) is 23.4. The Morgan fingerprint density at radius 2 is 1.14 bits per heavy atom. The Balaban J connectivity index is 2.37. The van der Waals surface area contributed by atoms with E-state index in [2.05, 4.69) is 0 Å². The van der Waals surface area contributed by atoms with Gasteiger partial charge in [0.2, 0.25) is 0 Å². The molecule has 0 saturated carbocycles. The average molecular weight is 640 g/mol. The van der Waals surface area contributed by atoms with Gasteiger partial charge < -0.3 is 10.2 Å². The number of nitriles is 2. The summed E-state index contributed by atoms with van der Waals surface area (Å²) in [6, 6.07) is 10.6. The van der Waals surface area contributed by atoms with E-state index in [1.165, 1.54) is 60.4 Å². The number of aliphatic hydroxyl groups excluding tert-OH is 2. The molecule has 220 valence electrons. The number of carbonyl (C=O) groups is 2. The molecule has 0 aliphatic carbocycles. The normalized spacial score (nSPS) is 13.6. The molecule has 2 atom stereocenters. The third-order valence-electron chi connectivity index (χ3n) is 6.88. The van der Waals surface area contributed by atoms with Crippen molar-refractivity contribution in [1.29, 1.82) is 10.5 Å². The van der Waals surface area contributed by atoms with Gasteiger partial charge in [-0.15, -0.1) is 0 Å². The first-order valence-corrected chi connectivity index (χ1v) is 14.8. The molecule has 0 spiro atoms. The maximum atomic E-state index is 13.3. The molecule has 12 nitrogen and oxygen atoms in total. The number of Topliss-reactive ketones (excluding diaryl/α,β-unsaturated/α-hetero) is 2. The molecule has 0 bridgehead atoms. The highest BCUT2D eigenvalue weighted by molar-refractivity contribution is 6.50. The lowest BCUT2D eigenvalue weighted by Crippen LogP contribution is -2.33. The van der Waals surface area contributed by atoms with Gasteiger partial charge in [0.25, 0.3) is 11.4 Å². The highest BCUT2D eigenvalue weighted by atomic mass is 35.5. The molecule has 2 N–H and O–H groups in total. The molecule has 0 aliphatic heterocycles. The van der Waals surface area contributed by atoms with Crippen LogP contribution < -0.4 is 0 Å². The standard InChI is InChI=1S/2C14H12ClN2O4.Mg/c2*1-8(7-16)12(18)14(2,3)13(19)10-5-4-9(15)6-11(10)17(20)21;/h2*1,4-6,13,19H,2-3H3;. The zero-order chi connectivity index (χ0) is 32.9. The molecule has 15 heteroatoms. The van der Waals surface area contributed by atoms with Crippen molar-refractivity contribution in [2.45, 2.75) is 39.9 Å². The van der Waals surface area contributed by atoms with E-state index in [0.29, 0.717) is 0 Å². The summed E-state index contributed by atoms with van der Waals surface area (Å²) in [5.41, 5.74) is -5.55. The van der Waals surface area contributed by atoms with Crippen molar-refractivity contribution in [3.8, 4) is 12.1 Å². The van der Waals surface area contributed by atoms with Crippen molar-refractivity contribution in [2.24, 2.45) is 10.8 Å². The van der Waals surface area contributed by atoms with E-state index in [0.717, 1.165) is 12.1 Å². The largest absolute Gasteiger partial charge is 0.432 e. The SMILES string of the molecule is CC(C)(C(=O)C(C#N)=[CH][Mg][CH]=C(C#N)C(=O)C(C)(C)C(O)c1ccc(Cl)cc1[N+](=O)[O-])C(O)c1ccc(Cl)cc1[N+](=O)[O-]. The molecule has 0 radical (unpaired) electrons. The lowest BCUT2D eigenvalue weighted by atomic mass is 9.76. The topological polar surface area (TPSA) is 208 Å². The molecule has 2 aromatic rings. The van der Waals surface area contributed by atoms with E-state index in [9.17, 15) is 50.6 Å². The van der Waals surface area contributed by atoms with Crippen LogP contribution in [0, 0.1) is 53.7 Å². The Hall–Kier alpha value is -3.69. The van der Waals surface area contributed by atoms with E-state index in [-0.39, 0.29) is 32.3 Å². The number of hydrogen-bond acceptors (Lipinski definition) is 10. The van der Waals surface area contributed by atoms with Crippen molar-refractivity contribution in [3.63, 3.8) is 0 Å². The number of ketones is 2. The van der Waals surface area contributed by atoms with E-state index >= 15 is 0 Å². The minimum atomic E-state index is -1.76. The fraction of sp³-hybridized carbons (Fsp3) is 0.286. The minimum absolute atomic E-state index is 0.0482. The van der Waals surface area contributed by atoms with Crippen LogP contribution in [0.2, 0.25) is 10.0 Å². The molecule has 2 rings (SSSR count). The third kappa shape index (κ3) is 7.83. The van der Waals surface area contributed by atoms with E-state index in [4.69, 9.17) is 23.2 Å². The van der Waals surface area contributed by atoms with Crippen LogP contribution >= 0.6 is 23.2 Å². The molecule has 43 heavy (non-hydrogen) atoms. The summed E-state index contributed by atoms with van der Waals surface area (Å²) in [6.45, 7) is 5.24. The Kier molecular flexibility index (Phi) is 11.7. The highest BCUT2D eigenvalue weighted by Crippen LogP contribution is 2.42. The fourth-order valence-corrected chi connectivity index (χ4v) is 5.68. The third-order valence-corrected chi connectivity index (χ3v) is 8.64. The van der Waals surface area contributed by atoms with Gasteiger partial charge >= 0.3 is 20.4 Å². The second kappa shape index (κ2) is 14.2. The fourth-order valence-electron chi connectivity index (χ4n) is 4.21. The van der Waals surface area contributed by atoms with Crippen molar-refractivity contribution in [3.05, 3.63) is 97.4 Å². The van der Waals surface area contributed by atoms with Gasteiger partial charge in [-0.3, -0.25) is 29.8 Å². The summed E-state index contributed by atoms with van der Waals surface area (Å²) < 4.78 is 2.51. The van der Waals surface area contributed by atoms with Crippen LogP contribution in [0.1, 0.15) is 51.0 Å². The number of aliphatic hydroxyl groups is 2. The quantitative estimate of drug-likeness (QED) is 0.101. The molecule has 0 amide bonds. The van der Waals surface area contributed by atoms with Crippen LogP contribution in [0.5, 0.6) is 0 Å². The van der Waals surface area contributed by atoms with Gasteiger partial charge in [0.1, 0.15) is 0 Å². The number of benzene rings is 2. The van der Waals surface area contributed by atoms with Gasteiger partial charge in [-0.1, -0.05) is 23.2 Å². The summed E-state index contributed by atoms with van der Waals surface area (Å²) >= 11 is 9.91. The van der Waals surface area contributed by atoms with Crippen LogP contribution in [0.4, 0.5) is 11.4 Å². The van der Waals surface area contributed by atoms with Crippen LogP contribution in [-0.4, -0.2) is 52.0 Å². The number of nitro groups is 2. The molecular weight excluding hydrogens is 616 g/mol. The highest BCUT2D eigenvalue weighted by Gasteiger charge is 2.42. The Morgan fingerprint density at radius 3 is 1.42 bits per heavy atom. The van der Waals surface area contributed by atoms with Gasteiger partial charge in [-0.25, -0.2) is 0 Å². The molecule has 0 fully saturated rings. The van der Waals surface area contributed by atoms with E-state index in [1.54, 1.807) is 12.1 Å². The Bertz CT molecular complexity index is 1520. The number of rotatable bonds is 12. The Labute approximate surface area is 265 Å². The van der Waals surface area contributed by atoms with Crippen molar-refractivity contribution >= 4 is 66.5 Å². The van der Waals surface area contributed by atoms with E-state index in [1.807, 2.05) is 0 Å². The second-order valence-corrected chi connectivity index (χ2v) is 12.7. The van der Waals surface area contributed by atoms with Crippen LogP contribution in [0.25, 0.3) is 0 Å². The number of allylic oxidation sites excluding steroid dienone is 2. The first kappa shape index (κ1) is 35.5. The summed E-state index contributed by atoms with van der Waals surface area (Å²) in [4.78, 5) is 48.0. The first-order valence-electron chi connectivity index (χ1n) is 12.5. The molecule has 0 heterocycles. The van der Waals surface area contributed by atoms with Gasteiger partial charge in [0.15, 0.2) is 11.6 Å². The molecule has 0 aromatic heterocycles. The van der Waals surface area contributed by atoms with Crippen molar-refractivity contribution in [1.82, 2.24) is 0 Å². The van der Waals surface area contributed by atoms with Crippen molar-refractivity contribution in [2.75, 3.05) is 0 Å². The smallest absolute Gasteiger partial charge is 0.387 e. The molecular formula is C28H24Cl2MgN4O8. The van der Waals surface area contributed by atoms with Gasteiger partial charge in [-0.2, -0.15) is 18.9 Å². The molecule has 2 aromatic carbocycles. The Morgan fingerprint density at radius 1 is 0.814 bits per heavy atom. The molecule has 0 saturated heterocycles. The first-order chi connectivity index (χ1) is 19.9. The monoisotopic (exact) mass is 638 g/mol. The predicted octanol–water partition coefficient (Wildman–Crippen LogP) is 5.29. The van der Waals surface area contributed by atoms with Gasteiger partial charge in [0.05, 0.1) is 67.3 Å². The lowest BCUT2D eigenvalue weighted by molar-refractivity contribution is -0.386. The second-order valence-electron chi connectivity index (χ2n) is 10.5.